The van der Waals surface area contributed by atoms with Crippen molar-refractivity contribution in [2.75, 3.05) is 59.5 Å². The minimum absolute atomic E-state index is 0.0316. The Balaban J connectivity index is 1.55. The van der Waals surface area contributed by atoms with Crippen molar-refractivity contribution >= 4 is 6.03 Å². The summed E-state index contributed by atoms with van der Waals surface area (Å²) >= 11 is 0. The van der Waals surface area contributed by atoms with Gasteiger partial charge in [0.2, 0.25) is 0 Å². The fraction of sp³-hybridized carbons (Fsp3) is 0.423. The van der Waals surface area contributed by atoms with Crippen molar-refractivity contribution in [1.29, 1.82) is 0 Å². The lowest BCUT2D eigenvalue weighted by atomic mass is 10.1. The van der Waals surface area contributed by atoms with Gasteiger partial charge >= 0.3 is 6.03 Å². The molecule has 6 nitrogen and oxygen atoms in total. The van der Waals surface area contributed by atoms with Crippen LogP contribution < -0.4 is 15.4 Å². The summed E-state index contributed by atoms with van der Waals surface area (Å²) in [7, 11) is 1.67. The fourth-order valence-electron chi connectivity index (χ4n) is 3.88. The molecule has 2 amide bonds. The Morgan fingerprint density at radius 3 is 2.44 bits per heavy atom. The third-order valence-corrected chi connectivity index (χ3v) is 5.72. The van der Waals surface area contributed by atoms with E-state index in [1.807, 2.05) is 35.2 Å². The van der Waals surface area contributed by atoms with Crippen LogP contribution in [0.3, 0.4) is 0 Å². The molecule has 2 aromatic carbocycles. The third-order valence-electron chi connectivity index (χ3n) is 5.72. The molecule has 1 saturated heterocycles. The average Bonchev–Trinajstić information content (AvgIpc) is 2.83. The summed E-state index contributed by atoms with van der Waals surface area (Å²) in [5.74, 6) is 0.841. The maximum absolute atomic E-state index is 13.0. The van der Waals surface area contributed by atoms with Gasteiger partial charge in [0.15, 0.2) is 0 Å². The lowest BCUT2D eigenvalue weighted by molar-refractivity contribution is 0.199. The molecular weight excluding hydrogens is 400 g/mol. The molecule has 0 spiro atoms. The highest BCUT2D eigenvalue weighted by molar-refractivity contribution is 5.74. The Morgan fingerprint density at radius 2 is 1.75 bits per heavy atom. The molecule has 2 N–H and O–H groups in total. The minimum atomic E-state index is -0.0316. The number of carbonyl (C=O) groups is 1. The summed E-state index contributed by atoms with van der Waals surface area (Å²) in [6.07, 6.45) is 1.61. The largest absolute Gasteiger partial charge is 0.497 e. The van der Waals surface area contributed by atoms with Gasteiger partial charge < -0.3 is 20.3 Å². The van der Waals surface area contributed by atoms with E-state index in [0.717, 1.165) is 56.9 Å². The maximum atomic E-state index is 13.0. The van der Waals surface area contributed by atoms with E-state index in [1.165, 1.54) is 11.1 Å². The molecule has 172 valence electrons. The van der Waals surface area contributed by atoms with Gasteiger partial charge in [0.25, 0.3) is 0 Å². The Morgan fingerprint density at radius 1 is 1.06 bits per heavy atom. The molecule has 0 saturated carbocycles. The molecule has 0 radical (unpaired) electrons. The molecular formula is C26H36N4O2. The number of carbonyl (C=O) groups excluding carboxylic acids is 1. The first-order valence-corrected chi connectivity index (χ1v) is 11.4. The zero-order valence-electron chi connectivity index (χ0n) is 19.2. The average molecular weight is 437 g/mol. The molecule has 3 rings (SSSR count). The molecule has 0 aliphatic carbocycles. The van der Waals surface area contributed by atoms with Gasteiger partial charge in [-0.2, -0.15) is 0 Å². The van der Waals surface area contributed by atoms with Crippen molar-refractivity contribution in [3.63, 3.8) is 0 Å². The number of rotatable bonds is 11. The van der Waals surface area contributed by atoms with E-state index in [4.69, 9.17) is 4.74 Å². The van der Waals surface area contributed by atoms with E-state index in [0.29, 0.717) is 19.6 Å². The molecule has 0 unspecified atom stereocenters. The highest BCUT2D eigenvalue weighted by Crippen LogP contribution is 2.13. The number of urea groups is 1. The van der Waals surface area contributed by atoms with Crippen LogP contribution in [0.25, 0.3) is 0 Å². The van der Waals surface area contributed by atoms with Crippen LogP contribution in [0.1, 0.15) is 11.1 Å². The predicted molar refractivity (Wildman–Crippen MR) is 130 cm³/mol. The van der Waals surface area contributed by atoms with Crippen LogP contribution in [0.15, 0.2) is 66.7 Å². The second kappa shape index (κ2) is 12.9. The van der Waals surface area contributed by atoms with Gasteiger partial charge in [-0.05, 0) is 41.7 Å². The zero-order chi connectivity index (χ0) is 22.6. The smallest absolute Gasteiger partial charge is 0.317 e. The summed E-state index contributed by atoms with van der Waals surface area (Å²) in [5, 5.41) is 6.47. The van der Waals surface area contributed by atoms with Crippen molar-refractivity contribution in [3.8, 4) is 5.75 Å². The molecule has 32 heavy (non-hydrogen) atoms. The molecule has 2 aromatic rings. The van der Waals surface area contributed by atoms with Crippen LogP contribution >= 0.6 is 0 Å². The Hall–Kier alpha value is -2.83. The Bertz CT molecular complexity index is 833. The Kier molecular flexibility index (Phi) is 9.60. The standard InChI is InChI=1S/C26H36N4O2/c1-22(20-29-18-15-27-16-19-29)21-30(17-13-24-8-10-25(32-2)11-9-24)26(31)28-14-12-23-6-4-3-5-7-23/h3-11,27H,1,12-21H2,2H3,(H,28,31). The van der Waals surface area contributed by atoms with Crippen molar-refractivity contribution in [3.05, 3.63) is 77.9 Å². The lowest BCUT2D eigenvalue weighted by Crippen LogP contribution is -2.46. The number of piperazine rings is 1. The second-order valence-corrected chi connectivity index (χ2v) is 8.26. The topological polar surface area (TPSA) is 56.8 Å². The molecule has 1 aliphatic heterocycles. The minimum Gasteiger partial charge on any atom is -0.497 e. The van der Waals surface area contributed by atoms with Crippen LogP contribution in [0.5, 0.6) is 5.75 Å². The summed E-state index contributed by atoms with van der Waals surface area (Å²) in [5.41, 5.74) is 3.47. The second-order valence-electron chi connectivity index (χ2n) is 8.26. The van der Waals surface area contributed by atoms with Crippen LogP contribution in [0, 0.1) is 0 Å². The van der Waals surface area contributed by atoms with Gasteiger partial charge in [0.05, 0.1) is 7.11 Å². The summed E-state index contributed by atoms with van der Waals surface area (Å²) in [6, 6.07) is 18.2. The van der Waals surface area contributed by atoms with Gasteiger partial charge in [-0.25, -0.2) is 4.79 Å². The van der Waals surface area contributed by atoms with Crippen LogP contribution in [0.4, 0.5) is 4.79 Å². The zero-order valence-corrected chi connectivity index (χ0v) is 19.2. The summed E-state index contributed by atoms with van der Waals surface area (Å²) in [6.45, 7) is 11.0. The number of nitrogens with zero attached hydrogens (tertiary/aromatic N) is 2. The van der Waals surface area contributed by atoms with Crippen molar-refractivity contribution in [2.24, 2.45) is 0 Å². The van der Waals surface area contributed by atoms with Gasteiger partial charge in [-0.1, -0.05) is 49.0 Å². The SMILES string of the molecule is C=C(CN1CCNCC1)CN(CCc1ccc(OC)cc1)C(=O)NCCc1ccccc1. The molecule has 1 fully saturated rings. The van der Waals surface area contributed by atoms with Gasteiger partial charge in [0, 0.05) is 52.4 Å². The number of hydrogen-bond acceptors (Lipinski definition) is 4. The summed E-state index contributed by atoms with van der Waals surface area (Å²) in [4.78, 5) is 17.3. The number of methoxy groups -OCH3 is 1. The van der Waals surface area contributed by atoms with Gasteiger partial charge in [-0.3, -0.25) is 4.90 Å². The molecule has 1 aliphatic rings. The van der Waals surface area contributed by atoms with Crippen LogP contribution in [0.2, 0.25) is 0 Å². The molecule has 6 heteroatoms. The predicted octanol–water partition coefficient (Wildman–Crippen LogP) is 2.95. The molecule has 0 atom stereocenters. The first kappa shape index (κ1) is 23.8. The lowest BCUT2D eigenvalue weighted by Gasteiger charge is -2.30. The first-order valence-electron chi connectivity index (χ1n) is 11.4. The van der Waals surface area contributed by atoms with E-state index in [1.54, 1.807) is 7.11 Å². The fourth-order valence-corrected chi connectivity index (χ4v) is 3.88. The quantitative estimate of drug-likeness (QED) is 0.532. The third kappa shape index (κ3) is 8.02. The van der Waals surface area contributed by atoms with Gasteiger partial charge in [0.1, 0.15) is 5.75 Å². The molecule has 0 bridgehead atoms. The number of amides is 2. The number of ether oxygens (including phenoxy) is 1. The highest BCUT2D eigenvalue weighted by Gasteiger charge is 2.17. The molecule has 1 heterocycles. The van der Waals surface area contributed by atoms with Gasteiger partial charge in [-0.15, -0.1) is 0 Å². The van der Waals surface area contributed by atoms with E-state index >= 15 is 0 Å². The van der Waals surface area contributed by atoms with E-state index in [-0.39, 0.29) is 6.03 Å². The Labute approximate surface area is 192 Å². The normalized spacial score (nSPS) is 14.0. The van der Waals surface area contributed by atoms with E-state index in [9.17, 15) is 4.79 Å². The monoisotopic (exact) mass is 436 g/mol. The van der Waals surface area contributed by atoms with Crippen molar-refractivity contribution in [2.45, 2.75) is 12.8 Å². The van der Waals surface area contributed by atoms with Crippen LogP contribution in [-0.2, 0) is 12.8 Å². The number of benzene rings is 2. The number of hydrogen-bond donors (Lipinski definition) is 2. The van der Waals surface area contributed by atoms with Crippen molar-refractivity contribution < 1.29 is 9.53 Å². The van der Waals surface area contributed by atoms with Crippen molar-refractivity contribution in [1.82, 2.24) is 20.4 Å². The number of nitrogens with one attached hydrogen (secondary N) is 2. The first-order chi connectivity index (χ1) is 15.6. The van der Waals surface area contributed by atoms with Crippen LogP contribution in [-0.4, -0.2) is 75.3 Å². The summed E-state index contributed by atoms with van der Waals surface area (Å²) < 4.78 is 5.24. The van der Waals surface area contributed by atoms with E-state index in [2.05, 4.69) is 46.4 Å². The maximum Gasteiger partial charge on any atom is 0.317 e. The molecule has 0 aromatic heterocycles. The van der Waals surface area contributed by atoms with E-state index < -0.39 is 0 Å². The highest BCUT2D eigenvalue weighted by atomic mass is 16.5.